The normalized spacial score (nSPS) is 21.8. The molecule has 15 heavy (non-hydrogen) atoms. The molecular formula is C9H13N5S. The molecule has 0 aliphatic carbocycles. The van der Waals surface area contributed by atoms with Gasteiger partial charge in [-0.2, -0.15) is 0 Å². The molecule has 0 bridgehead atoms. The zero-order valence-electron chi connectivity index (χ0n) is 8.71. The monoisotopic (exact) mass is 223 g/mol. The molecule has 0 fully saturated rings. The van der Waals surface area contributed by atoms with Gasteiger partial charge in [0.05, 0.1) is 11.9 Å². The van der Waals surface area contributed by atoms with E-state index in [9.17, 15) is 0 Å². The highest BCUT2D eigenvalue weighted by molar-refractivity contribution is 8.12. The van der Waals surface area contributed by atoms with Crippen LogP contribution in [0.4, 0.5) is 0 Å². The van der Waals surface area contributed by atoms with Crippen LogP contribution in [-0.2, 0) is 6.42 Å². The van der Waals surface area contributed by atoms with E-state index in [1.54, 1.807) is 12.4 Å². The van der Waals surface area contributed by atoms with Crippen LogP contribution in [0.15, 0.2) is 17.4 Å². The van der Waals surface area contributed by atoms with Crippen molar-refractivity contribution >= 4 is 17.0 Å². The molecule has 0 amide bonds. The minimum absolute atomic E-state index is 0.280. The van der Waals surface area contributed by atoms with Crippen molar-refractivity contribution in [2.24, 2.45) is 10.7 Å². The van der Waals surface area contributed by atoms with Crippen LogP contribution in [0.2, 0.25) is 0 Å². The Morgan fingerprint density at radius 3 is 2.73 bits per heavy atom. The van der Waals surface area contributed by atoms with Crippen LogP contribution in [0.3, 0.4) is 0 Å². The van der Waals surface area contributed by atoms with Gasteiger partial charge in [-0.3, -0.25) is 15.7 Å². The van der Waals surface area contributed by atoms with E-state index >= 15 is 0 Å². The van der Waals surface area contributed by atoms with E-state index in [1.807, 2.05) is 11.4 Å². The van der Waals surface area contributed by atoms with Crippen molar-refractivity contribution in [2.45, 2.75) is 19.6 Å². The molecule has 1 aliphatic rings. The largest absolute Gasteiger partial charge is 0.296 e. The van der Waals surface area contributed by atoms with Crippen molar-refractivity contribution in [2.75, 3.05) is 7.05 Å². The van der Waals surface area contributed by atoms with E-state index in [0.717, 1.165) is 22.9 Å². The Labute approximate surface area is 92.9 Å². The Kier molecular flexibility index (Phi) is 2.99. The average molecular weight is 223 g/mol. The molecule has 0 spiro atoms. The molecule has 1 aromatic rings. The molecule has 1 aliphatic heterocycles. The smallest absolute Gasteiger partial charge is 0.164 e. The van der Waals surface area contributed by atoms with Crippen LogP contribution in [-0.4, -0.2) is 32.7 Å². The summed E-state index contributed by atoms with van der Waals surface area (Å²) >= 11 is 1.50. The molecule has 0 saturated heterocycles. The summed E-state index contributed by atoms with van der Waals surface area (Å²) in [5, 5.41) is 0.833. The number of aromatic nitrogens is 2. The molecular weight excluding hydrogens is 210 g/mol. The topological polar surface area (TPSA) is 67.4 Å². The maximum atomic E-state index is 5.73. The first-order valence-electron chi connectivity index (χ1n) is 4.76. The maximum Gasteiger partial charge on any atom is 0.164 e. The highest BCUT2D eigenvalue weighted by atomic mass is 32.2. The van der Waals surface area contributed by atoms with E-state index in [4.69, 9.17) is 5.73 Å². The lowest BCUT2D eigenvalue weighted by molar-refractivity contribution is 0.447. The zero-order valence-corrected chi connectivity index (χ0v) is 9.53. The number of nitrogens with zero attached hydrogens (tertiary/aromatic N) is 4. The molecule has 0 aromatic carbocycles. The number of rotatable bonds is 2. The van der Waals surface area contributed by atoms with Gasteiger partial charge in [-0.25, -0.2) is 9.30 Å². The SMILES string of the molecule is CCc1cnc(C2=NC(N)N(C)S2)cn1. The summed E-state index contributed by atoms with van der Waals surface area (Å²) in [5.41, 5.74) is 7.51. The van der Waals surface area contributed by atoms with Crippen molar-refractivity contribution in [3.63, 3.8) is 0 Å². The third-order valence-electron chi connectivity index (χ3n) is 2.14. The van der Waals surface area contributed by atoms with Gasteiger partial charge in [0.2, 0.25) is 0 Å². The first-order valence-corrected chi connectivity index (χ1v) is 5.53. The average Bonchev–Trinajstić information content (AvgIpc) is 2.59. The molecule has 0 radical (unpaired) electrons. The Morgan fingerprint density at radius 2 is 2.27 bits per heavy atom. The lowest BCUT2D eigenvalue weighted by Crippen LogP contribution is -2.28. The van der Waals surface area contributed by atoms with Gasteiger partial charge in [0, 0.05) is 13.2 Å². The van der Waals surface area contributed by atoms with E-state index in [2.05, 4.69) is 21.9 Å². The van der Waals surface area contributed by atoms with Gasteiger partial charge in [0.15, 0.2) is 6.29 Å². The Bertz CT molecular complexity index is 375. The first kappa shape index (κ1) is 10.5. The summed E-state index contributed by atoms with van der Waals surface area (Å²) in [6, 6.07) is 0. The fraction of sp³-hybridized carbons (Fsp3) is 0.444. The molecule has 1 aromatic heterocycles. The van der Waals surface area contributed by atoms with E-state index in [1.165, 1.54) is 11.9 Å². The van der Waals surface area contributed by atoms with Gasteiger partial charge < -0.3 is 0 Å². The lowest BCUT2D eigenvalue weighted by atomic mass is 10.3. The first-order chi connectivity index (χ1) is 7.20. The van der Waals surface area contributed by atoms with Crippen molar-refractivity contribution in [1.29, 1.82) is 0 Å². The highest BCUT2D eigenvalue weighted by Crippen LogP contribution is 2.23. The zero-order chi connectivity index (χ0) is 10.8. The molecule has 1 unspecified atom stereocenters. The van der Waals surface area contributed by atoms with E-state index in [0.29, 0.717) is 0 Å². The third kappa shape index (κ3) is 2.17. The molecule has 0 saturated carbocycles. The van der Waals surface area contributed by atoms with Gasteiger partial charge in [-0.1, -0.05) is 6.92 Å². The highest BCUT2D eigenvalue weighted by Gasteiger charge is 2.22. The Hall–Kier alpha value is -0.980. The molecule has 5 nitrogen and oxygen atoms in total. The number of hydrogen-bond donors (Lipinski definition) is 1. The molecule has 2 rings (SSSR count). The molecule has 6 heteroatoms. The van der Waals surface area contributed by atoms with Crippen LogP contribution < -0.4 is 5.73 Å². The van der Waals surface area contributed by atoms with Gasteiger partial charge in [0.1, 0.15) is 10.7 Å². The predicted molar refractivity (Wildman–Crippen MR) is 61.3 cm³/mol. The lowest BCUT2D eigenvalue weighted by Gasteiger charge is -2.09. The fourth-order valence-electron chi connectivity index (χ4n) is 1.18. The fourth-order valence-corrected chi connectivity index (χ4v) is 1.96. The Morgan fingerprint density at radius 1 is 1.47 bits per heavy atom. The van der Waals surface area contributed by atoms with E-state index < -0.39 is 0 Å². The van der Waals surface area contributed by atoms with Gasteiger partial charge in [-0.15, -0.1) is 0 Å². The summed E-state index contributed by atoms with van der Waals surface area (Å²) in [5.74, 6) is 0. The summed E-state index contributed by atoms with van der Waals surface area (Å²) in [7, 11) is 1.90. The van der Waals surface area contributed by atoms with E-state index in [-0.39, 0.29) is 6.29 Å². The summed E-state index contributed by atoms with van der Waals surface area (Å²) in [6.07, 6.45) is 4.14. The quantitative estimate of drug-likeness (QED) is 0.744. The molecule has 80 valence electrons. The van der Waals surface area contributed by atoms with Crippen LogP contribution in [0, 0.1) is 0 Å². The molecule has 2 N–H and O–H groups in total. The van der Waals surface area contributed by atoms with Crippen LogP contribution in [0.25, 0.3) is 0 Å². The van der Waals surface area contributed by atoms with Crippen LogP contribution in [0.1, 0.15) is 18.3 Å². The number of nitrogens with two attached hydrogens (primary N) is 1. The standard InChI is InChI=1S/C9H13N5S/c1-3-6-4-12-7(5-11-6)8-13-9(10)14(2)15-8/h4-5,9H,3,10H2,1-2H3. The number of aryl methyl sites for hydroxylation is 1. The molecule has 2 heterocycles. The van der Waals surface area contributed by atoms with Crippen LogP contribution in [0.5, 0.6) is 0 Å². The van der Waals surface area contributed by atoms with Crippen molar-refractivity contribution < 1.29 is 0 Å². The number of aliphatic imine (C=N–C) groups is 1. The van der Waals surface area contributed by atoms with Crippen LogP contribution >= 0.6 is 11.9 Å². The molecule has 1 atom stereocenters. The second-order valence-electron chi connectivity index (χ2n) is 3.23. The number of hydrogen-bond acceptors (Lipinski definition) is 6. The van der Waals surface area contributed by atoms with Crippen molar-refractivity contribution in [3.8, 4) is 0 Å². The minimum atomic E-state index is -0.280. The second kappa shape index (κ2) is 4.26. The Balaban J connectivity index is 2.20. The summed E-state index contributed by atoms with van der Waals surface area (Å²) in [6.45, 7) is 2.05. The second-order valence-corrected chi connectivity index (χ2v) is 4.38. The van der Waals surface area contributed by atoms with Gasteiger partial charge in [0.25, 0.3) is 0 Å². The summed E-state index contributed by atoms with van der Waals surface area (Å²) < 4.78 is 1.88. The van der Waals surface area contributed by atoms with Crippen molar-refractivity contribution in [3.05, 3.63) is 23.8 Å². The maximum absolute atomic E-state index is 5.73. The summed E-state index contributed by atoms with van der Waals surface area (Å²) in [4.78, 5) is 12.9. The predicted octanol–water partition coefficient (Wildman–Crippen LogP) is 0.622. The van der Waals surface area contributed by atoms with Gasteiger partial charge >= 0.3 is 0 Å². The van der Waals surface area contributed by atoms with Gasteiger partial charge in [-0.05, 0) is 18.4 Å². The third-order valence-corrected chi connectivity index (χ3v) is 3.13. The van der Waals surface area contributed by atoms with Crippen molar-refractivity contribution in [1.82, 2.24) is 14.3 Å². The minimum Gasteiger partial charge on any atom is -0.296 e.